The minimum Gasteiger partial charge on any atom is -0.485 e. The van der Waals surface area contributed by atoms with E-state index in [4.69, 9.17) is 19.1 Å². The van der Waals surface area contributed by atoms with E-state index in [1.54, 1.807) is 6.92 Å². The predicted octanol–water partition coefficient (Wildman–Crippen LogP) is 4.31. The third kappa shape index (κ3) is 4.84. The smallest absolute Gasteiger partial charge is 0.277 e. The highest BCUT2D eigenvalue weighted by Gasteiger charge is 2.26. The van der Waals surface area contributed by atoms with Gasteiger partial charge in [0, 0.05) is 30.1 Å². The molecule has 0 aliphatic carbocycles. The fourth-order valence-corrected chi connectivity index (χ4v) is 3.58. The number of hydrogen-bond acceptors (Lipinski definition) is 6. The van der Waals surface area contributed by atoms with Crippen LogP contribution in [0, 0.1) is 31.3 Å². The first-order valence-corrected chi connectivity index (χ1v) is 10.9. The van der Waals surface area contributed by atoms with Gasteiger partial charge in [-0.05, 0) is 33.3 Å². The molecule has 4 aromatic heterocycles. The molecule has 0 aromatic carbocycles. The maximum absolute atomic E-state index is 14.4. The summed E-state index contributed by atoms with van der Waals surface area (Å²) in [5, 5.41) is 13.7. The number of aromatic nitrogens is 5. The summed E-state index contributed by atoms with van der Waals surface area (Å²) >= 11 is 6.25. The van der Waals surface area contributed by atoms with Crippen molar-refractivity contribution >= 4 is 11.6 Å². The van der Waals surface area contributed by atoms with Gasteiger partial charge in [-0.2, -0.15) is 5.10 Å². The van der Waals surface area contributed by atoms with Gasteiger partial charge >= 0.3 is 0 Å². The van der Waals surface area contributed by atoms with Gasteiger partial charge < -0.3 is 9.84 Å². The lowest BCUT2D eigenvalue weighted by Crippen LogP contribution is -2.23. The van der Waals surface area contributed by atoms with Crippen LogP contribution in [-0.2, 0) is 12.2 Å². The number of halogens is 4. The normalized spacial score (nSPS) is 12.9. The molecule has 12 heteroatoms. The van der Waals surface area contributed by atoms with Crippen molar-refractivity contribution in [3.8, 4) is 17.3 Å². The van der Waals surface area contributed by atoms with Gasteiger partial charge in [0.2, 0.25) is 0 Å². The van der Waals surface area contributed by atoms with Crippen molar-refractivity contribution in [3.63, 3.8) is 0 Å². The quantitative estimate of drug-likeness (QED) is 0.406. The molecule has 0 saturated carbocycles. The van der Waals surface area contributed by atoms with E-state index < -0.39 is 51.6 Å². The molecule has 8 nitrogen and oxygen atoms in total. The molecule has 36 heavy (non-hydrogen) atoms. The van der Waals surface area contributed by atoms with E-state index >= 15 is 0 Å². The Hall–Kier alpha value is -3.70. The molecule has 4 aromatic rings. The monoisotopic (exact) mass is 521 g/mol. The fraction of sp³-hybridized carbons (Fsp3) is 0.250. The lowest BCUT2D eigenvalue weighted by atomic mass is 10.1. The first-order chi connectivity index (χ1) is 17.6. The number of pyridine rings is 3. The highest BCUT2D eigenvalue weighted by Crippen LogP contribution is 2.27. The van der Waals surface area contributed by atoms with Crippen LogP contribution in [0.4, 0.5) is 13.2 Å². The van der Waals surface area contributed by atoms with Gasteiger partial charge in [-0.25, -0.2) is 22.8 Å². The van der Waals surface area contributed by atoms with Crippen LogP contribution in [0.1, 0.15) is 39.2 Å². The van der Waals surface area contributed by atoms with Crippen LogP contribution in [0.2, 0.25) is 5.02 Å². The zero-order chi connectivity index (χ0) is 28.2. The second kappa shape index (κ2) is 9.40. The molecule has 0 aliphatic heterocycles. The van der Waals surface area contributed by atoms with Crippen LogP contribution in [0.15, 0.2) is 41.6 Å². The summed E-state index contributed by atoms with van der Waals surface area (Å²) in [7, 11) is 0. The maximum Gasteiger partial charge on any atom is 0.277 e. The van der Waals surface area contributed by atoms with Crippen LogP contribution >= 0.6 is 11.6 Å². The zero-order valence-corrected chi connectivity index (χ0v) is 20.2. The molecule has 0 aliphatic rings. The van der Waals surface area contributed by atoms with Crippen molar-refractivity contribution in [3.05, 3.63) is 92.3 Å². The van der Waals surface area contributed by atoms with Crippen LogP contribution in [0.5, 0.6) is 5.75 Å². The Morgan fingerprint density at radius 3 is 2.50 bits per heavy atom. The van der Waals surface area contributed by atoms with Crippen molar-refractivity contribution in [1.29, 1.82) is 0 Å². The molecular formula is C24H21ClF3N5O3. The molecule has 0 spiro atoms. The summed E-state index contributed by atoms with van der Waals surface area (Å²) in [6.07, 6.45) is 3.10. The lowest BCUT2D eigenvalue weighted by molar-refractivity contribution is 0.0695. The van der Waals surface area contributed by atoms with Crippen LogP contribution < -0.4 is 10.3 Å². The molecule has 0 saturated heterocycles. The Bertz CT molecular complexity index is 1620. The van der Waals surface area contributed by atoms with Crippen molar-refractivity contribution in [1.82, 2.24) is 24.3 Å². The van der Waals surface area contributed by atoms with Gasteiger partial charge in [0.15, 0.2) is 17.5 Å². The number of aliphatic hydroxyl groups is 1. The Morgan fingerprint density at radius 2 is 1.86 bits per heavy atom. The highest BCUT2D eigenvalue weighted by molar-refractivity contribution is 6.31. The molecule has 4 rings (SSSR count). The van der Waals surface area contributed by atoms with E-state index in [1.165, 1.54) is 43.7 Å². The molecule has 0 amide bonds. The Kier molecular flexibility index (Phi) is 5.94. The van der Waals surface area contributed by atoms with E-state index in [0.29, 0.717) is 23.5 Å². The summed E-state index contributed by atoms with van der Waals surface area (Å²) < 4.78 is 65.4. The van der Waals surface area contributed by atoms with Gasteiger partial charge in [-0.15, -0.1) is 0 Å². The van der Waals surface area contributed by atoms with E-state index in [2.05, 4.69) is 15.1 Å². The Morgan fingerprint density at radius 1 is 1.14 bits per heavy atom. The van der Waals surface area contributed by atoms with Crippen molar-refractivity contribution in [2.24, 2.45) is 0 Å². The summed E-state index contributed by atoms with van der Waals surface area (Å²) in [5.74, 6) is -3.28. The average molecular weight is 522 g/mol. The van der Waals surface area contributed by atoms with Gasteiger partial charge in [-0.1, -0.05) is 11.6 Å². The number of aryl methyl sites for hydroxylation is 2. The van der Waals surface area contributed by atoms with Gasteiger partial charge in [0.05, 0.1) is 20.8 Å². The summed E-state index contributed by atoms with van der Waals surface area (Å²) in [6.45, 7) is 3.07. The van der Waals surface area contributed by atoms with E-state index in [1.807, 2.05) is 0 Å². The van der Waals surface area contributed by atoms with Crippen molar-refractivity contribution < 1.29 is 25.8 Å². The van der Waals surface area contributed by atoms with Crippen LogP contribution in [-0.4, -0.2) is 29.4 Å². The molecule has 0 unspecified atom stereocenters. The minimum atomic E-state index is -2.89. The first kappa shape index (κ1) is 22.7. The fourth-order valence-electron chi connectivity index (χ4n) is 3.40. The van der Waals surface area contributed by atoms with E-state index in [9.17, 15) is 23.1 Å². The van der Waals surface area contributed by atoms with Crippen LogP contribution in [0.25, 0.3) is 11.5 Å². The molecular weight excluding hydrogens is 499 g/mol. The SMILES string of the molecule is [2H]C([2H])(Oc1cc(C)n(-c2cc(-n3cc(F)c(C(C)(C)O)n3)ncc2C)c(=O)c1Cl)c1ncc(F)cc1F. The Labute approximate surface area is 211 Å². The number of hydrogen-bond donors (Lipinski definition) is 1. The van der Waals surface area contributed by atoms with Crippen molar-refractivity contribution in [2.75, 3.05) is 0 Å². The van der Waals surface area contributed by atoms with E-state index in [0.717, 1.165) is 10.9 Å². The predicted molar refractivity (Wildman–Crippen MR) is 125 cm³/mol. The second-order valence-electron chi connectivity index (χ2n) is 8.45. The zero-order valence-electron chi connectivity index (χ0n) is 21.5. The second-order valence-corrected chi connectivity index (χ2v) is 8.83. The van der Waals surface area contributed by atoms with Crippen molar-refractivity contribution in [2.45, 2.75) is 39.9 Å². The molecule has 0 fully saturated rings. The molecule has 4 heterocycles. The first-order valence-electron chi connectivity index (χ1n) is 11.5. The number of rotatable bonds is 6. The summed E-state index contributed by atoms with van der Waals surface area (Å²) in [4.78, 5) is 20.9. The Balaban J connectivity index is 1.77. The number of nitrogens with zero attached hydrogens (tertiary/aromatic N) is 5. The van der Waals surface area contributed by atoms with Crippen LogP contribution in [0.3, 0.4) is 0 Å². The maximum atomic E-state index is 14.4. The molecule has 0 bridgehead atoms. The third-order valence-electron chi connectivity index (χ3n) is 5.15. The standard InChI is InChI=1S/C24H21ClF3N5O3/c1-12-8-30-20(32-10-16(28)22(31-32)24(3,4)35)7-18(12)33-13(2)5-19(21(25)23(33)34)36-11-17-15(27)6-14(26)9-29-17/h5-10,35H,11H2,1-4H3/i11D2. The largest absolute Gasteiger partial charge is 0.485 e. The molecule has 0 radical (unpaired) electrons. The highest BCUT2D eigenvalue weighted by atomic mass is 35.5. The van der Waals surface area contributed by atoms with Gasteiger partial charge in [0.1, 0.15) is 40.1 Å². The topological polar surface area (TPSA) is 95.1 Å². The summed E-state index contributed by atoms with van der Waals surface area (Å²) in [6, 6.07) is 3.18. The number of ether oxygens (including phenoxy) is 1. The molecule has 1 N–H and O–H groups in total. The molecule has 188 valence electrons. The van der Waals surface area contributed by atoms with Gasteiger partial charge in [-0.3, -0.25) is 14.3 Å². The van der Waals surface area contributed by atoms with E-state index in [-0.39, 0.29) is 17.2 Å². The lowest BCUT2D eigenvalue weighted by Gasteiger charge is -2.17. The molecule has 0 atom stereocenters. The minimum absolute atomic E-state index is 0.136. The van der Waals surface area contributed by atoms with Gasteiger partial charge in [0.25, 0.3) is 5.56 Å². The third-order valence-corrected chi connectivity index (χ3v) is 5.50. The summed E-state index contributed by atoms with van der Waals surface area (Å²) in [5.41, 5.74) is -2.27. The average Bonchev–Trinajstić information content (AvgIpc) is 3.20.